The Morgan fingerprint density at radius 2 is 1.57 bits per heavy atom. The first-order valence-corrected chi connectivity index (χ1v) is 11.5. The van der Waals surface area contributed by atoms with E-state index in [9.17, 15) is 25.1 Å². The van der Waals surface area contributed by atoms with Crippen molar-refractivity contribution < 1.29 is 29.1 Å². The van der Waals surface area contributed by atoms with Crippen molar-refractivity contribution in [3.8, 4) is 5.75 Å². The van der Waals surface area contributed by atoms with Crippen LogP contribution in [0.3, 0.4) is 0 Å². The zero-order valence-corrected chi connectivity index (χ0v) is 21.1. The molecule has 0 saturated carbocycles. The van der Waals surface area contributed by atoms with E-state index in [1.54, 1.807) is 0 Å². The van der Waals surface area contributed by atoms with Crippen molar-refractivity contribution in [2.45, 2.75) is 18.8 Å². The van der Waals surface area contributed by atoms with Crippen molar-refractivity contribution in [2.24, 2.45) is 0 Å². The lowest BCUT2D eigenvalue weighted by Crippen LogP contribution is -2.41. The quantitative estimate of drug-likeness (QED) is 0.124. The van der Waals surface area contributed by atoms with Gasteiger partial charge in [0.1, 0.15) is 28.5 Å². The lowest BCUT2D eigenvalue weighted by molar-refractivity contribution is -0.384. The molecule has 9 nitrogen and oxygen atoms in total. The molecule has 35 heavy (non-hydrogen) atoms. The predicted octanol–water partition coefficient (Wildman–Crippen LogP) is 5.86. The van der Waals surface area contributed by atoms with Crippen molar-refractivity contribution in [1.29, 1.82) is 0 Å². The average molecular weight is 585 g/mol. The number of rotatable bonds is 9. The number of carbonyl (C=O) groups is 1. The number of hydrogen-bond donors (Lipinski definition) is 3. The maximum atomic E-state index is 12.6. The molecule has 3 N–H and O–H groups in total. The fraction of sp³-hybridized carbons (Fsp3) is 0.190. The van der Waals surface area contributed by atoms with Gasteiger partial charge >= 0.3 is 0 Å². The van der Waals surface area contributed by atoms with Crippen LogP contribution in [0.15, 0.2) is 40.8 Å². The summed E-state index contributed by atoms with van der Waals surface area (Å²) in [5.41, 5.74) is 0.0964. The Morgan fingerprint density at radius 3 is 2.11 bits per heavy atom. The van der Waals surface area contributed by atoms with Crippen LogP contribution < -0.4 is 10.1 Å². The molecule has 186 valence electrons. The number of nitro groups is 1. The van der Waals surface area contributed by atoms with Gasteiger partial charge in [0.15, 0.2) is 11.5 Å². The lowest BCUT2D eigenvalue weighted by Gasteiger charge is -2.22. The van der Waals surface area contributed by atoms with Crippen LogP contribution in [0.25, 0.3) is 0 Å². The van der Waals surface area contributed by atoms with Crippen LogP contribution in [0.4, 0.5) is 5.69 Å². The number of non-ortho nitro benzene ring substituents is 1. The molecule has 2 aromatic carbocycles. The number of amides is 1. The van der Waals surface area contributed by atoms with E-state index >= 15 is 0 Å². The molecule has 1 amide bonds. The summed E-state index contributed by atoms with van der Waals surface area (Å²) >= 11 is 30.2. The molecule has 0 bridgehead atoms. The molecule has 0 aliphatic heterocycles. The molecule has 3 rings (SSSR count). The summed E-state index contributed by atoms with van der Waals surface area (Å²) in [5.74, 6) is -0.685. The molecule has 0 aliphatic rings. The van der Waals surface area contributed by atoms with Gasteiger partial charge in [0.05, 0.1) is 32.6 Å². The number of furan rings is 1. The van der Waals surface area contributed by atoms with Gasteiger partial charge in [-0.3, -0.25) is 14.9 Å². The first-order valence-electron chi connectivity index (χ1n) is 9.62. The molecule has 3 aromatic rings. The van der Waals surface area contributed by atoms with Gasteiger partial charge in [-0.25, -0.2) is 0 Å². The van der Waals surface area contributed by atoms with E-state index in [1.165, 1.54) is 36.4 Å². The Labute approximate surface area is 223 Å². The minimum Gasteiger partial charge on any atom is -0.482 e. The Balaban J connectivity index is 1.67. The third kappa shape index (κ3) is 6.13. The van der Waals surface area contributed by atoms with Gasteiger partial charge < -0.3 is 24.7 Å². The summed E-state index contributed by atoms with van der Waals surface area (Å²) in [6.07, 6.45) is -1.34. The molecule has 0 radical (unpaired) electrons. The van der Waals surface area contributed by atoms with Crippen molar-refractivity contribution in [3.05, 3.63) is 88.7 Å². The number of nitro benzene ring substituents is 1. The Bertz CT molecular complexity index is 1220. The van der Waals surface area contributed by atoms with Crippen LogP contribution in [-0.4, -0.2) is 33.7 Å². The van der Waals surface area contributed by atoms with Gasteiger partial charge in [0, 0.05) is 12.1 Å². The number of nitrogens with zero attached hydrogens (tertiary/aromatic N) is 1. The monoisotopic (exact) mass is 582 g/mol. The number of nitrogens with one attached hydrogen (secondary N) is 1. The highest BCUT2D eigenvalue weighted by Crippen LogP contribution is 2.48. The maximum Gasteiger partial charge on any atom is 0.287 e. The zero-order chi connectivity index (χ0) is 25.9. The normalized spacial score (nSPS) is 12.8. The summed E-state index contributed by atoms with van der Waals surface area (Å²) in [7, 11) is 0. The van der Waals surface area contributed by atoms with Crippen molar-refractivity contribution in [1.82, 2.24) is 5.32 Å². The van der Waals surface area contributed by atoms with Gasteiger partial charge in [-0.15, -0.1) is 0 Å². The first kappa shape index (κ1) is 27.3. The third-order valence-electron chi connectivity index (χ3n) is 4.75. The Kier molecular flexibility index (Phi) is 9.11. The molecule has 2 unspecified atom stereocenters. The van der Waals surface area contributed by atoms with Gasteiger partial charge in [-0.05, 0) is 29.8 Å². The summed E-state index contributed by atoms with van der Waals surface area (Å²) < 4.78 is 11.0. The van der Waals surface area contributed by atoms with E-state index in [0.717, 1.165) is 0 Å². The largest absolute Gasteiger partial charge is 0.482 e. The topological polar surface area (TPSA) is 135 Å². The SMILES string of the molecule is O=C(NC(CO)C(O)c1ccc([N+](=O)[O-])cc1)c1ccc(COc2c(Cl)c(Cl)c(Cl)c(Cl)c2Cl)o1. The van der Waals surface area contributed by atoms with Gasteiger partial charge in [0.25, 0.3) is 11.6 Å². The molecule has 0 saturated heterocycles. The minimum absolute atomic E-state index is 0.0259. The molecular formula is C21H15Cl5N2O7. The highest BCUT2D eigenvalue weighted by atomic mass is 35.5. The first-order chi connectivity index (χ1) is 16.5. The Hall–Kier alpha value is -2.24. The van der Waals surface area contributed by atoms with E-state index in [4.69, 9.17) is 67.2 Å². The molecule has 1 heterocycles. The second-order valence-electron chi connectivity index (χ2n) is 7.01. The van der Waals surface area contributed by atoms with E-state index in [1.807, 2.05) is 0 Å². The summed E-state index contributed by atoms with van der Waals surface area (Å²) in [4.78, 5) is 22.8. The second-order valence-corrected chi connectivity index (χ2v) is 8.90. The number of hydrogen-bond acceptors (Lipinski definition) is 7. The van der Waals surface area contributed by atoms with Crippen molar-refractivity contribution in [2.75, 3.05) is 6.61 Å². The van der Waals surface area contributed by atoms with Crippen LogP contribution >= 0.6 is 58.0 Å². The lowest BCUT2D eigenvalue weighted by atomic mass is 10.0. The van der Waals surface area contributed by atoms with Crippen LogP contribution in [-0.2, 0) is 6.61 Å². The smallest absolute Gasteiger partial charge is 0.287 e. The van der Waals surface area contributed by atoms with Crippen molar-refractivity contribution >= 4 is 69.6 Å². The van der Waals surface area contributed by atoms with Crippen LogP contribution in [0.2, 0.25) is 25.1 Å². The van der Waals surface area contributed by atoms with E-state index in [2.05, 4.69) is 5.32 Å². The number of carbonyl (C=O) groups excluding carboxylic acids is 1. The number of halogens is 5. The molecule has 2 atom stereocenters. The molecule has 0 spiro atoms. The molecule has 0 aliphatic carbocycles. The standard InChI is InChI=1S/C21H15Cl5N2O7/c22-14-15(23)17(25)20(18(26)16(14)24)34-8-11-5-6-13(35-11)21(31)27-12(7-29)19(30)9-1-3-10(4-2-9)28(32)33/h1-6,12,19,29-30H,7-8H2,(H,27,31). The predicted molar refractivity (Wildman–Crippen MR) is 131 cm³/mol. The van der Waals surface area contributed by atoms with Crippen LogP contribution in [0.1, 0.15) is 28.0 Å². The average Bonchev–Trinajstić information content (AvgIpc) is 3.33. The van der Waals surface area contributed by atoms with Gasteiger partial charge in [-0.2, -0.15) is 0 Å². The fourth-order valence-electron chi connectivity index (χ4n) is 2.92. The number of aliphatic hydroxyl groups is 2. The highest BCUT2D eigenvalue weighted by molar-refractivity contribution is 6.55. The van der Waals surface area contributed by atoms with E-state index < -0.39 is 29.6 Å². The molecule has 14 heteroatoms. The highest BCUT2D eigenvalue weighted by Gasteiger charge is 2.25. The minimum atomic E-state index is -1.34. The summed E-state index contributed by atoms with van der Waals surface area (Å²) in [6, 6.07) is 6.74. The fourth-order valence-corrected chi connectivity index (χ4v) is 4.15. The van der Waals surface area contributed by atoms with Crippen LogP contribution in [0.5, 0.6) is 5.75 Å². The van der Waals surface area contributed by atoms with Crippen molar-refractivity contribution in [3.63, 3.8) is 0 Å². The zero-order valence-electron chi connectivity index (χ0n) is 17.3. The summed E-state index contributed by atoms with van der Waals surface area (Å²) in [6.45, 7) is -0.814. The second kappa shape index (κ2) is 11.7. The van der Waals surface area contributed by atoms with Crippen LogP contribution in [0, 0.1) is 10.1 Å². The number of benzene rings is 2. The van der Waals surface area contributed by atoms with E-state index in [0.29, 0.717) is 0 Å². The number of aliphatic hydroxyl groups excluding tert-OH is 2. The molecule has 0 fully saturated rings. The maximum absolute atomic E-state index is 12.6. The summed E-state index contributed by atoms with van der Waals surface area (Å²) in [5, 5.41) is 33.1. The molecule has 1 aromatic heterocycles. The molecular weight excluding hydrogens is 570 g/mol. The number of ether oxygens (including phenoxy) is 1. The van der Waals surface area contributed by atoms with E-state index in [-0.39, 0.29) is 60.2 Å². The Morgan fingerprint density at radius 1 is 1.00 bits per heavy atom. The third-order valence-corrected chi connectivity index (χ3v) is 7.00. The van der Waals surface area contributed by atoms with Gasteiger partial charge in [0.2, 0.25) is 0 Å². The van der Waals surface area contributed by atoms with Gasteiger partial charge in [-0.1, -0.05) is 58.0 Å².